The van der Waals surface area contributed by atoms with Crippen molar-refractivity contribution in [1.82, 2.24) is 4.68 Å². The molecule has 0 saturated carbocycles. The number of anilines is 1. The summed E-state index contributed by atoms with van der Waals surface area (Å²) in [5.41, 5.74) is 6.34. The van der Waals surface area contributed by atoms with E-state index in [1.165, 1.54) is 6.92 Å². The van der Waals surface area contributed by atoms with Gasteiger partial charge < -0.3 is 10.1 Å². The van der Waals surface area contributed by atoms with Gasteiger partial charge in [0.05, 0.1) is 0 Å². The molecular formula is C24H25N3O4. The van der Waals surface area contributed by atoms with Crippen molar-refractivity contribution in [3.8, 4) is 5.75 Å². The molecule has 0 spiro atoms. The first-order valence-corrected chi connectivity index (χ1v) is 9.89. The Morgan fingerprint density at radius 3 is 1.94 bits per heavy atom. The van der Waals surface area contributed by atoms with Crippen LogP contribution in [0.1, 0.15) is 46.0 Å². The number of benzene rings is 2. The van der Waals surface area contributed by atoms with E-state index < -0.39 is 6.10 Å². The maximum atomic E-state index is 12.5. The number of aromatic nitrogens is 1. The maximum Gasteiger partial charge on any atom is 0.270 e. The lowest BCUT2D eigenvalue weighted by molar-refractivity contribution is -0.122. The predicted octanol–water partition coefficient (Wildman–Crippen LogP) is 4.10. The van der Waals surface area contributed by atoms with Gasteiger partial charge in [-0.15, -0.1) is 0 Å². The number of carbonyl (C=O) groups excluding carboxylic acids is 3. The SMILES string of the molecule is CC(=O)c1ccc(NC(=O)[C@H](C)Oc2ccc(C(=O)Nn3c(C)ccc3C)cc2)cc1. The molecule has 0 radical (unpaired) electrons. The Labute approximate surface area is 181 Å². The van der Waals surface area contributed by atoms with Gasteiger partial charge in [-0.25, -0.2) is 0 Å². The van der Waals surface area contributed by atoms with Gasteiger partial charge in [0.25, 0.3) is 11.8 Å². The highest BCUT2D eigenvalue weighted by Gasteiger charge is 2.16. The lowest BCUT2D eigenvalue weighted by atomic mass is 10.1. The molecular weight excluding hydrogens is 394 g/mol. The smallest absolute Gasteiger partial charge is 0.270 e. The summed E-state index contributed by atoms with van der Waals surface area (Å²) >= 11 is 0. The molecule has 2 amide bonds. The summed E-state index contributed by atoms with van der Waals surface area (Å²) in [7, 11) is 0. The zero-order valence-corrected chi connectivity index (χ0v) is 17.9. The van der Waals surface area contributed by atoms with E-state index in [1.807, 2.05) is 26.0 Å². The first-order valence-electron chi connectivity index (χ1n) is 9.89. The number of hydrogen-bond donors (Lipinski definition) is 2. The van der Waals surface area contributed by atoms with Gasteiger partial charge in [-0.1, -0.05) is 0 Å². The third kappa shape index (κ3) is 5.39. The minimum atomic E-state index is -0.752. The molecule has 0 saturated heterocycles. The Balaban J connectivity index is 1.57. The predicted molar refractivity (Wildman–Crippen MR) is 119 cm³/mol. The number of ketones is 1. The number of aryl methyl sites for hydroxylation is 2. The van der Waals surface area contributed by atoms with Crippen LogP contribution in [-0.4, -0.2) is 28.4 Å². The average molecular weight is 419 g/mol. The van der Waals surface area contributed by atoms with Gasteiger partial charge in [-0.3, -0.25) is 24.5 Å². The molecule has 2 aromatic carbocycles. The van der Waals surface area contributed by atoms with Crippen LogP contribution in [0, 0.1) is 13.8 Å². The fourth-order valence-electron chi connectivity index (χ4n) is 2.99. The Kier molecular flexibility index (Phi) is 6.55. The third-order valence-corrected chi connectivity index (χ3v) is 4.84. The van der Waals surface area contributed by atoms with Crippen molar-refractivity contribution in [2.45, 2.75) is 33.8 Å². The lowest BCUT2D eigenvalue weighted by Gasteiger charge is -2.15. The highest BCUT2D eigenvalue weighted by molar-refractivity contribution is 6.00. The lowest BCUT2D eigenvalue weighted by Crippen LogP contribution is -2.30. The Morgan fingerprint density at radius 2 is 1.39 bits per heavy atom. The van der Waals surface area contributed by atoms with E-state index in [0.717, 1.165) is 11.4 Å². The standard InChI is InChI=1S/C24H25N3O4/c1-15-5-6-16(2)27(15)26-24(30)20-9-13-22(14-10-20)31-18(4)23(29)25-21-11-7-19(8-12-21)17(3)28/h5-14,18H,1-4H3,(H,25,29)(H,26,30)/t18-/m0/s1. The van der Waals surface area contributed by atoms with Crippen LogP contribution in [0.2, 0.25) is 0 Å². The van der Waals surface area contributed by atoms with Crippen LogP contribution in [0.25, 0.3) is 0 Å². The van der Waals surface area contributed by atoms with E-state index >= 15 is 0 Å². The molecule has 0 aliphatic carbocycles. The normalized spacial score (nSPS) is 11.5. The Bertz CT molecular complexity index is 1080. The summed E-state index contributed by atoms with van der Waals surface area (Å²) in [4.78, 5) is 36.2. The van der Waals surface area contributed by atoms with Crippen LogP contribution >= 0.6 is 0 Å². The third-order valence-electron chi connectivity index (χ3n) is 4.84. The Morgan fingerprint density at radius 1 is 0.839 bits per heavy atom. The molecule has 1 aromatic heterocycles. The summed E-state index contributed by atoms with van der Waals surface area (Å²) in [5, 5.41) is 2.75. The van der Waals surface area contributed by atoms with Crippen molar-refractivity contribution in [3.63, 3.8) is 0 Å². The van der Waals surface area contributed by atoms with E-state index in [-0.39, 0.29) is 17.6 Å². The van der Waals surface area contributed by atoms with Crippen molar-refractivity contribution in [2.75, 3.05) is 10.7 Å². The highest BCUT2D eigenvalue weighted by atomic mass is 16.5. The minimum Gasteiger partial charge on any atom is -0.481 e. The quantitative estimate of drug-likeness (QED) is 0.565. The first kappa shape index (κ1) is 21.8. The largest absolute Gasteiger partial charge is 0.481 e. The summed E-state index contributed by atoms with van der Waals surface area (Å²) < 4.78 is 7.41. The molecule has 3 rings (SSSR count). The number of hydrogen-bond acceptors (Lipinski definition) is 4. The molecule has 7 nitrogen and oxygen atoms in total. The molecule has 1 heterocycles. The summed E-state index contributed by atoms with van der Waals surface area (Å²) in [6, 6.07) is 17.1. The van der Waals surface area contributed by atoms with Crippen molar-refractivity contribution in [1.29, 1.82) is 0 Å². The van der Waals surface area contributed by atoms with E-state index in [1.54, 1.807) is 60.1 Å². The van der Waals surface area contributed by atoms with Crippen LogP contribution in [0.5, 0.6) is 5.75 Å². The molecule has 1 atom stereocenters. The molecule has 0 aliphatic heterocycles. The fourth-order valence-corrected chi connectivity index (χ4v) is 2.99. The second-order valence-electron chi connectivity index (χ2n) is 7.30. The van der Waals surface area contributed by atoms with E-state index in [4.69, 9.17) is 4.74 Å². The van der Waals surface area contributed by atoms with E-state index in [0.29, 0.717) is 22.6 Å². The number of nitrogens with zero attached hydrogens (tertiary/aromatic N) is 1. The van der Waals surface area contributed by atoms with Crippen LogP contribution < -0.4 is 15.5 Å². The van der Waals surface area contributed by atoms with E-state index in [9.17, 15) is 14.4 Å². The molecule has 3 aromatic rings. The van der Waals surface area contributed by atoms with Gasteiger partial charge in [-0.2, -0.15) is 0 Å². The number of nitrogens with one attached hydrogen (secondary N) is 2. The van der Waals surface area contributed by atoms with Crippen molar-refractivity contribution in [3.05, 3.63) is 83.2 Å². The van der Waals surface area contributed by atoms with Crippen molar-refractivity contribution < 1.29 is 19.1 Å². The number of amides is 2. The molecule has 7 heteroatoms. The monoisotopic (exact) mass is 419 g/mol. The van der Waals surface area contributed by atoms with Crippen LogP contribution in [0.15, 0.2) is 60.7 Å². The topological polar surface area (TPSA) is 89.4 Å². The van der Waals surface area contributed by atoms with Gasteiger partial charge in [0.1, 0.15) is 5.75 Å². The minimum absolute atomic E-state index is 0.0367. The molecule has 2 N–H and O–H groups in total. The number of ether oxygens (including phenoxy) is 1. The van der Waals surface area contributed by atoms with Crippen molar-refractivity contribution >= 4 is 23.3 Å². The molecule has 0 unspecified atom stereocenters. The average Bonchev–Trinajstić information content (AvgIpc) is 3.06. The summed E-state index contributed by atoms with van der Waals surface area (Å²) in [6.07, 6.45) is -0.752. The van der Waals surface area contributed by atoms with Gasteiger partial charge in [0.2, 0.25) is 0 Å². The molecule has 0 aliphatic rings. The molecule has 0 bridgehead atoms. The summed E-state index contributed by atoms with van der Waals surface area (Å²) in [6.45, 7) is 6.95. The fraction of sp³-hybridized carbons (Fsp3) is 0.208. The zero-order chi connectivity index (χ0) is 22.5. The number of carbonyl (C=O) groups is 3. The van der Waals surface area contributed by atoms with Gasteiger partial charge in [-0.05, 0) is 88.4 Å². The Hall–Kier alpha value is -3.87. The maximum absolute atomic E-state index is 12.5. The molecule has 0 fully saturated rings. The first-order chi connectivity index (χ1) is 14.7. The summed E-state index contributed by atoms with van der Waals surface area (Å²) in [5.74, 6) is -0.130. The van der Waals surface area contributed by atoms with Crippen LogP contribution in [0.3, 0.4) is 0 Å². The van der Waals surface area contributed by atoms with Crippen LogP contribution in [-0.2, 0) is 4.79 Å². The molecule has 31 heavy (non-hydrogen) atoms. The molecule has 160 valence electrons. The van der Waals surface area contributed by atoms with Crippen LogP contribution in [0.4, 0.5) is 5.69 Å². The number of Topliss-reactive ketones (excluding diaryl/α,β-unsaturated/α-hetero) is 1. The zero-order valence-electron chi connectivity index (χ0n) is 17.9. The van der Waals surface area contributed by atoms with Gasteiger partial charge in [0, 0.05) is 28.2 Å². The highest BCUT2D eigenvalue weighted by Crippen LogP contribution is 2.16. The van der Waals surface area contributed by atoms with E-state index in [2.05, 4.69) is 10.7 Å². The second-order valence-corrected chi connectivity index (χ2v) is 7.30. The second kappa shape index (κ2) is 9.30. The van der Waals surface area contributed by atoms with Crippen molar-refractivity contribution in [2.24, 2.45) is 0 Å². The van der Waals surface area contributed by atoms with Gasteiger partial charge in [0.15, 0.2) is 11.9 Å². The van der Waals surface area contributed by atoms with Gasteiger partial charge >= 0.3 is 0 Å². The number of rotatable bonds is 7.